The summed E-state index contributed by atoms with van der Waals surface area (Å²) in [6.45, 7) is 2.61. The third kappa shape index (κ3) is 5.55. The Balaban J connectivity index is 1.58. The van der Waals surface area contributed by atoms with Crippen molar-refractivity contribution in [1.82, 2.24) is 5.32 Å². The zero-order valence-electron chi connectivity index (χ0n) is 15.8. The van der Waals surface area contributed by atoms with Crippen LogP contribution in [0.25, 0.3) is 0 Å². The number of anilines is 1. The second-order valence-electron chi connectivity index (χ2n) is 7.02. The molecule has 2 N–H and O–H groups in total. The third-order valence-corrected chi connectivity index (χ3v) is 4.78. The van der Waals surface area contributed by atoms with Crippen LogP contribution >= 0.6 is 0 Å². The van der Waals surface area contributed by atoms with Gasteiger partial charge in [0.25, 0.3) is 11.8 Å². The Labute approximate surface area is 160 Å². The molecule has 27 heavy (non-hydrogen) atoms. The van der Waals surface area contributed by atoms with E-state index in [1.54, 1.807) is 24.3 Å². The van der Waals surface area contributed by atoms with Gasteiger partial charge in [0.15, 0.2) is 0 Å². The number of aryl methyl sites for hydroxylation is 1. The molecule has 2 amide bonds. The van der Waals surface area contributed by atoms with Crippen LogP contribution in [0.3, 0.4) is 0 Å². The van der Waals surface area contributed by atoms with E-state index in [9.17, 15) is 9.59 Å². The number of nitrogens with one attached hydrogen (secondary N) is 2. The van der Waals surface area contributed by atoms with E-state index in [4.69, 9.17) is 0 Å². The van der Waals surface area contributed by atoms with E-state index in [1.165, 1.54) is 18.4 Å². The minimum Gasteiger partial charge on any atom is -0.352 e. The minimum atomic E-state index is -0.220. The molecule has 0 fully saturated rings. The summed E-state index contributed by atoms with van der Waals surface area (Å²) < 4.78 is 0. The van der Waals surface area contributed by atoms with Crippen molar-refractivity contribution in [3.05, 3.63) is 76.9 Å². The van der Waals surface area contributed by atoms with Crippen LogP contribution in [0.5, 0.6) is 0 Å². The molecule has 0 radical (unpaired) electrons. The average Bonchev–Trinajstić information content (AvgIpc) is 2.69. The molecular weight excluding hydrogens is 336 g/mol. The predicted molar refractivity (Wildman–Crippen MR) is 109 cm³/mol. The molecule has 1 aliphatic carbocycles. The van der Waals surface area contributed by atoms with E-state index < -0.39 is 0 Å². The van der Waals surface area contributed by atoms with Gasteiger partial charge in [-0.05, 0) is 74.9 Å². The van der Waals surface area contributed by atoms with Crippen molar-refractivity contribution in [2.45, 2.75) is 39.0 Å². The van der Waals surface area contributed by atoms with Gasteiger partial charge in [0, 0.05) is 23.4 Å². The molecule has 2 aromatic rings. The van der Waals surface area contributed by atoms with Crippen LogP contribution in [-0.2, 0) is 0 Å². The maximum atomic E-state index is 12.5. The van der Waals surface area contributed by atoms with Crippen LogP contribution in [0.1, 0.15) is 58.4 Å². The number of allylic oxidation sites excluding steroid dienone is 1. The number of amides is 2. The molecule has 0 heterocycles. The van der Waals surface area contributed by atoms with Crippen molar-refractivity contribution in [3.63, 3.8) is 0 Å². The molecule has 0 unspecified atom stereocenters. The molecule has 0 bridgehead atoms. The molecule has 4 heteroatoms. The lowest BCUT2D eigenvalue weighted by Crippen LogP contribution is -2.25. The highest BCUT2D eigenvalue weighted by Crippen LogP contribution is 2.19. The van der Waals surface area contributed by atoms with Gasteiger partial charge in [-0.2, -0.15) is 0 Å². The maximum Gasteiger partial charge on any atom is 0.255 e. The van der Waals surface area contributed by atoms with Gasteiger partial charge in [-0.25, -0.2) is 0 Å². The summed E-state index contributed by atoms with van der Waals surface area (Å²) in [4.78, 5) is 24.9. The number of hydrogen-bond donors (Lipinski definition) is 2. The lowest BCUT2D eigenvalue weighted by Gasteiger charge is -2.13. The van der Waals surface area contributed by atoms with Crippen molar-refractivity contribution in [2.24, 2.45) is 0 Å². The molecule has 3 rings (SSSR count). The molecule has 0 aliphatic heterocycles. The van der Waals surface area contributed by atoms with Gasteiger partial charge in [-0.1, -0.05) is 29.8 Å². The largest absolute Gasteiger partial charge is 0.352 e. The first-order chi connectivity index (χ1) is 13.1. The monoisotopic (exact) mass is 362 g/mol. The lowest BCUT2D eigenvalue weighted by atomic mass is 9.97. The second-order valence-corrected chi connectivity index (χ2v) is 7.02. The molecule has 0 spiro atoms. The summed E-state index contributed by atoms with van der Waals surface area (Å²) in [5.41, 5.74) is 4.24. The van der Waals surface area contributed by atoms with E-state index in [2.05, 4.69) is 16.7 Å². The molecule has 2 aromatic carbocycles. The summed E-state index contributed by atoms with van der Waals surface area (Å²) in [5, 5.41) is 5.83. The first-order valence-electron chi connectivity index (χ1n) is 9.56. The Hall–Kier alpha value is -2.88. The van der Waals surface area contributed by atoms with Crippen LogP contribution in [0.4, 0.5) is 5.69 Å². The van der Waals surface area contributed by atoms with Crippen molar-refractivity contribution < 1.29 is 9.59 Å². The fourth-order valence-electron chi connectivity index (χ4n) is 3.30. The van der Waals surface area contributed by atoms with Gasteiger partial charge >= 0.3 is 0 Å². The van der Waals surface area contributed by atoms with E-state index in [0.717, 1.165) is 30.5 Å². The number of carbonyl (C=O) groups excluding carboxylic acids is 2. The Morgan fingerprint density at radius 2 is 1.74 bits per heavy atom. The summed E-state index contributed by atoms with van der Waals surface area (Å²) >= 11 is 0. The van der Waals surface area contributed by atoms with E-state index in [0.29, 0.717) is 17.7 Å². The first kappa shape index (κ1) is 18.9. The van der Waals surface area contributed by atoms with Crippen molar-refractivity contribution >= 4 is 17.5 Å². The van der Waals surface area contributed by atoms with Crippen LogP contribution in [0, 0.1) is 6.92 Å². The van der Waals surface area contributed by atoms with Crippen LogP contribution < -0.4 is 10.6 Å². The molecule has 0 aromatic heterocycles. The third-order valence-electron chi connectivity index (χ3n) is 4.78. The van der Waals surface area contributed by atoms with Crippen LogP contribution in [-0.4, -0.2) is 18.4 Å². The molecular formula is C23H26N2O2. The Morgan fingerprint density at radius 3 is 2.48 bits per heavy atom. The molecule has 0 saturated carbocycles. The van der Waals surface area contributed by atoms with Gasteiger partial charge in [0.1, 0.15) is 0 Å². The van der Waals surface area contributed by atoms with Crippen LogP contribution in [0.15, 0.2) is 60.2 Å². The fourth-order valence-corrected chi connectivity index (χ4v) is 3.30. The van der Waals surface area contributed by atoms with E-state index >= 15 is 0 Å². The predicted octanol–water partition coefficient (Wildman–Crippen LogP) is 4.87. The van der Waals surface area contributed by atoms with Gasteiger partial charge in [-0.3, -0.25) is 9.59 Å². The first-order valence-corrected chi connectivity index (χ1v) is 9.56. The minimum absolute atomic E-state index is 0.142. The number of hydrogen-bond acceptors (Lipinski definition) is 2. The van der Waals surface area contributed by atoms with Gasteiger partial charge in [0.2, 0.25) is 0 Å². The van der Waals surface area contributed by atoms with Crippen molar-refractivity contribution in [2.75, 3.05) is 11.9 Å². The maximum absolute atomic E-state index is 12.5. The van der Waals surface area contributed by atoms with Crippen molar-refractivity contribution in [3.8, 4) is 0 Å². The van der Waals surface area contributed by atoms with Crippen LogP contribution in [0.2, 0.25) is 0 Å². The molecule has 0 atom stereocenters. The average molecular weight is 362 g/mol. The zero-order chi connectivity index (χ0) is 19.1. The van der Waals surface area contributed by atoms with Gasteiger partial charge < -0.3 is 10.6 Å². The zero-order valence-corrected chi connectivity index (χ0v) is 15.8. The number of rotatable bonds is 6. The molecule has 4 nitrogen and oxygen atoms in total. The summed E-state index contributed by atoms with van der Waals surface area (Å²) in [7, 11) is 0. The smallest absolute Gasteiger partial charge is 0.255 e. The number of carbonyl (C=O) groups is 2. The summed E-state index contributed by atoms with van der Waals surface area (Å²) in [5.74, 6) is -0.362. The summed E-state index contributed by atoms with van der Waals surface area (Å²) in [6, 6.07) is 14.5. The fraction of sp³-hybridized carbons (Fsp3) is 0.304. The van der Waals surface area contributed by atoms with Gasteiger partial charge in [0.05, 0.1) is 0 Å². The quantitative estimate of drug-likeness (QED) is 0.721. The number of benzene rings is 2. The standard InChI is InChI=1S/C23H26N2O2/c1-17-7-5-12-21(15-17)25-23(27)20-11-6-10-19(16-20)22(26)24-14-13-18-8-3-2-4-9-18/h5-8,10-12,15-16H,2-4,9,13-14H2,1H3,(H,24,26)(H,25,27). The lowest BCUT2D eigenvalue weighted by molar-refractivity contribution is 0.0954. The Bertz CT molecular complexity index is 855. The van der Waals surface area contributed by atoms with E-state index in [-0.39, 0.29) is 11.8 Å². The highest BCUT2D eigenvalue weighted by atomic mass is 16.2. The van der Waals surface area contributed by atoms with E-state index in [1.807, 2.05) is 31.2 Å². The normalized spacial score (nSPS) is 13.6. The Kier molecular flexibility index (Phi) is 6.42. The topological polar surface area (TPSA) is 58.2 Å². The molecule has 0 saturated heterocycles. The highest BCUT2D eigenvalue weighted by molar-refractivity contribution is 6.06. The van der Waals surface area contributed by atoms with Gasteiger partial charge in [-0.15, -0.1) is 0 Å². The second kappa shape index (κ2) is 9.17. The SMILES string of the molecule is Cc1cccc(NC(=O)c2cccc(C(=O)NCCC3=CCCCC3)c2)c1. The Morgan fingerprint density at radius 1 is 0.963 bits per heavy atom. The molecule has 1 aliphatic rings. The molecule has 140 valence electrons. The highest BCUT2D eigenvalue weighted by Gasteiger charge is 2.11. The summed E-state index contributed by atoms with van der Waals surface area (Å²) in [6.07, 6.45) is 8.02. The van der Waals surface area contributed by atoms with Crippen molar-refractivity contribution in [1.29, 1.82) is 0 Å².